The van der Waals surface area contributed by atoms with Gasteiger partial charge in [0, 0.05) is 0 Å². The summed E-state index contributed by atoms with van der Waals surface area (Å²) in [6.07, 6.45) is 0. The smallest absolute Gasteiger partial charge is 0.295 e. The molecule has 70 valence electrons. The molecule has 0 aromatic rings. The highest BCUT2D eigenvalue weighted by Gasteiger charge is 2.44. The lowest BCUT2D eigenvalue weighted by Gasteiger charge is -2.30. The number of halogens is 1. The van der Waals surface area contributed by atoms with Crippen LogP contribution in [0.5, 0.6) is 0 Å². The maximum atomic E-state index is 10.3. The first-order chi connectivity index (χ1) is 5.23. The van der Waals surface area contributed by atoms with Crippen molar-refractivity contribution in [2.75, 3.05) is 0 Å². The highest BCUT2D eigenvalue weighted by Crippen LogP contribution is 2.34. The molecule has 0 aliphatic heterocycles. The van der Waals surface area contributed by atoms with Crippen molar-refractivity contribution < 1.29 is 9.92 Å². The monoisotopic (exact) mass is 240 g/mol. The largest absolute Gasteiger partial charge is 0.304 e. The lowest BCUT2D eigenvalue weighted by molar-refractivity contribution is -0.780. The van der Waals surface area contributed by atoms with Crippen LogP contribution >= 0.6 is 15.9 Å². The number of alkyl halides is 1. The SMILES string of the molecule is CC(Br)(N=O)C(C)(C)O[N+](=O)[O-]. The van der Waals surface area contributed by atoms with E-state index < -0.39 is 15.1 Å². The van der Waals surface area contributed by atoms with E-state index >= 15 is 0 Å². The molecule has 0 aliphatic carbocycles. The van der Waals surface area contributed by atoms with Crippen LogP contribution in [0.3, 0.4) is 0 Å². The molecule has 0 N–H and O–H groups in total. The molecule has 0 fully saturated rings. The summed E-state index contributed by atoms with van der Waals surface area (Å²) >= 11 is 2.92. The molecule has 6 nitrogen and oxygen atoms in total. The molecule has 0 radical (unpaired) electrons. The molecule has 1 unspecified atom stereocenters. The molecular weight excluding hydrogens is 232 g/mol. The second-order valence-electron chi connectivity index (χ2n) is 2.87. The third-order valence-corrected chi connectivity index (χ3v) is 2.67. The Morgan fingerprint density at radius 3 is 2.17 bits per heavy atom. The molecule has 12 heavy (non-hydrogen) atoms. The Hall–Kier alpha value is -0.720. The molecule has 0 aliphatic rings. The second-order valence-corrected chi connectivity index (χ2v) is 4.41. The highest BCUT2D eigenvalue weighted by atomic mass is 79.9. The Balaban J connectivity index is 4.59. The second kappa shape index (κ2) is 3.34. The quantitative estimate of drug-likeness (QED) is 0.247. The molecule has 0 saturated carbocycles. The lowest BCUT2D eigenvalue weighted by atomic mass is 10.0. The van der Waals surface area contributed by atoms with Crippen molar-refractivity contribution in [3.8, 4) is 0 Å². The van der Waals surface area contributed by atoms with Crippen LogP contribution in [0.2, 0.25) is 0 Å². The summed E-state index contributed by atoms with van der Waals surface area (Å²) in [5.74, 6) is 0. The van der Waals surface area contributed by atoms with E-state index in [0.717, 1.165) is 0 Å². The van der Waals surface area contributed by atoms with Gasteiger partial charge in [-0.3, -0.25) is 0 Å². The van der Waals surface area contributed by atoms with Gasteiger partial charge in [0.25, 0.3) is 5.09 Å². The minimum atomic E-state index is -1.31. The van der Waals surface area contributed by atoms with Gasteiger partial charge in [0.1, 0.15) is 0 Å². The van der Waals surface area contributed by atoms with Gasteiger partial charge in [-0.2, -0.15) is 0 Å². The molecule has 1 atom stereocenters. The topological polar surface area (TPSA) is 81.8 Å². The molecular formula is C5H9BrN2O4. The number of nitrogens with zero attached hydrogens (tertiary/aromatic N) is 2. The Kier molecular flexibility index (Phi) is 3.14. The van der Waals surface area contributed by atoms with Gasteiger partial charge < -0.3 is 4.84 Å². The summed E-state index contributed by atoms with van der Waals surface area (Å²) in [6, 6.07) is 0. The summed E-state index contributed by atoms with van der Waals surface area (Å²) < 4.78 is -1.31. The standard InChI is InChI=1S/C5H9BrN2O4/c1-4(2,12-8(10)11)5(3,6)7-9/h1-3H3. The summed E-state index contributed by atoms with van der Waals surface area (Å²) in [6.45, 7) is 4.18. The van der Waals surface area contributed by atoms with Crippen molar-refractivity contribution in [2.24, 2.45) is 5.18 Å². The average molecular weight is 241 g/mol. The van der Waals surface area contributed by atoms with Crippen molar-refractivity contribution in [3.05, 3.63) is 15.0 Å². The van der Waals surface area contributed by atoms with Gasteiger partial charge >= 0.3 is 0 Å². The minimum absolute atomic E-state index is 0.954. The Morgan fingerprint density at radius 2 is 1.92 bits per heavy atom. The van der Waals surface area contributed by atoms with E-state index in [4.69, 9.17) is 0 Å². The van der Waals surface area contributed by atoms with Crippen LogP contribution in [0.1, 0.15) is 20.8 Å². The first kappa shape index (κ1) is 11.3. The van der Waals surface area contributed by atoms with Crippen LogP contribution in [0.25, 0.3) is 0 Å². The summed E-state index contributed by atoms with van der Waals surface area (Å²) in [5, 5.41) is 11.7. The summed E-state index contributed by atoms with van der Waals surface area (Å²) in [4.78, 5) is 24.5. The average Bonchev–Trinajstić information content (AvgIpc) is 1.84. The maximum Gasteiger partial charge on any atom is 0.295 e. The van der Waals surface area contributed by atoms with E-state index in [1.54, 1.807) is 0 Å². The van der Waals surface area contributed by atoms with E-state index in [1.807, 2.05) is 0 Å². The molecule has 0 spiro atoms. The van der Waals surface area contributed by atoms with Crippen LogP contribution in [0, 0.1) is 15.0 Å². The first-order valence-corrected chi connectivity index (χ1v) is 3.89. The highest BCUT2D eigenvalue weighted by molar-refractivity contribution is 9.10. The van der Waals surface area contributed by atoms with Crippen molar-refractivity contribution in [1.82, 2.24) is 0 Å². The van der Waals surface area contributed by atoms with Crippen molar-refractivity contribution >= 4 is 15.9 Å². The third kappa shape index (κ3) is 2.40. The van der Waals surface area contributed by atoms with Crippen molar-refractivity contribution in [1.29, 1.82) is 0 Å². The molecule has 0 rings (SSSR count). The van der Waals surface area contributed by atoms with E-state index in [9.17, 15) is 15.0 Å². The predicted octanol–water partition coefficient (Wildman–Crippen LogP) is 1.85. The van der Waals surface area contributed by atoms with E-state index in [1.165, 1.54) is 20.8 Å². The fraction of sp³-hybridized carbons (Fsp3) is 1.00. The van der Waals surface area contributed by atoms with Gasteiger partial charge in [0.05, 0.1) is 0 Å². The molecule has 0 aromatic carbocycles. The van der Waals surface area contributed by atoms with Crippen molar-refractivity contribution in [2.45, 2.75) is 30.8 Å². The fourth-order valence-electron chi connectivity index (χ4n) is 0.380. The third-order valence-electron chi connectivity index (χ3n) is 1.57. The zero-order valence-electron chi connectivity index (χ0n) is 6.91. The van der Waals surface area contributed by atoms with Gasteiger partial charge in [-0.1, -0.05) is 15.9 Å². The number of rotatable bonds is 4. The van der Waals surface area contributed by atoms with Crippen molar-refractivity contribution in [3.63, 3.8) is 0 Å². The first-order valence-electron chi connectivity index (χ1n) is 3.10. The Labute approximate surface area is 77.5 Å². The van der Waals surface area contributed by atoms with Crippen LogP contribution in [0.4, 0.5) is 0 Å². The van der Waals surface area contributed by atoms with Gasteiger partial charge in [-0.25, -0.2) is 0 Å². The van der Waals surface area contributed by atoms with Gasteiger partial charge in [-0.05, 0) is 25.9 Å². The van der Waals surface area contributed by atoms with E-state index in [2.05, 4.69) is 25.9 Å². The van der Waals surface area contributed by atoms with Crippen LogP contribution < -0.4 is 0 Å². The lowest BCUT2D eigenvalue weighted by Crippen LogP contribution is -2.44. The van der Waals surface area contributed by atoms with Gasteiger partial charge in [0.15, 0.2) is 10.0 Å². The van der Waals surface area contributed by atoms with Gasteiger partial charge in [-0.15, -0.1) is 15.0 Å². The zero-order valence-corrected chi connectivity index (χ0v) is 8.49. The predicted molar refractivity (Wildman–Crippen MR) is 45.3 cm³/mol. The van der Waals surface area contributed by atoms with Crippen LogP contribution in [-0.2, 0) is 4.84 Å². The number of hydrogen-bond acceptors (Lipinski definition) is 5. The molecule has 7 heteroatoms. The molecule has 0 aromatic heterocycles. The van der Waals surface area contributed by atoms with E-state index in [-0.39, 0.29) is 0 Å². The number of nitroso groups, excluding NO2 is 1. The fourth-order valence-corrected chi connectivity index (χ4v) is 0.452. The Bertz CT molecular complexity index is 204. The molecule has 0 bridgehead atoms. The van der Waals surface area contributed by atoms with Gasteiger partial charge in [0.2, 0.25) is 0 Å². The zero-order chi connectivity index (χ0) is 9.99. The van der Waals surface area contributed by atoms with Crippen LogP contribution in [0.15, 0.2) is 5.18 Å². The summed E-state index contributed by atoms with van der Waals surface area (Å²) in [7, 11) is 0. The molecule has 0 saturated heterocycles. The number of hydrogen-bond donors (Lipinski definition) is 0. The maximum absolute atomic E-state index is 10.3. The molecule has 0 heterocycles. The normalized spacial score (nSPS) is 16.3. The Morgan fingerprint density at radius 1 is 1.50 bits per heavy atom. The minimum Gasteiger partial charge on any atom is -0.304 e. The molecule has 0 amide bonds. The van der Waals surface area contributed by atoms with Crippen LogP contribution in [-0.4, -0.2) is 15.1 Å². The van der Waals surface area contributed by atoms with E-state index in [0.29, 0.717) is 0 Å². The summed E-state index contributed by atoms with van der Waals surface area (Å²) in [5.41, 5.74) is -1.29.